The fourth-order valence-electron chi connectivity index (χ4n) is 0.706. The van der Waals surface area contributed by atoms with Gasteiger partial charge >= 0.3 is 12.1 Å². The third-order valence-corrected chi connectivity index (χ3v) is 1.60. The first-order chi connectivity index (χ1) is 5.62. The first kappa shape index (κ1) is 12.5. The SMILES string of the molecule is CCC(F)(OC)C(F)(F)C(F)(F)F. The van der Waals surface area contributed by atoms with Crippen LogP contribution in [0.1, 0.15) is 13.3 Å². The fraction of sp³-hybridized carbons (Fsp3) is 1.00. The summed E-state index contributed by atoms with van der Waals surface area (Å²) in [5.74, 6) is -9.49. The van der Waals surface area contributed by atoms with Crippen LogP contribution in [-0.2, 0) is 4.74 Å². The molecule has 1 atom stereocenters. The van der Waals surface area contributed by atoms with Crippen molar-refractivity contribution in [2.45, 2.75) is 31.3 Å². The van der Waals surface area contributed by atoms with E-state index in [1.54, 1.807) is 0 Å². The van der Waals surface area contributed by atoms with Crippen LogP contribution in [0.15, 0.2) is 0 Å². The lowest BCUT2D eigenvalue weighted by atomic mass is 10.1. The van der Waals surface area contributed by atoms with Crippen LogP contribution in [0, 0.1) is 0 Å². The number of alkyl halides is 6. The molecule has 7 heteroatoms. The van der Waals surface area contributed by atoms with Gasteiger partial charge in [0.15, 0.2) is 0 Å². The lowest BCUT2D eigenvalue weighted by molar-refractivity contribution is -0.378. The molecule has 0 rings (SSSR count). The molecule has 1 nitrogen and oxygen atoms in total. The predicted molar refractivity (Wildman–Crippen MR) is 32.1 cm³/mol. The molecule has 0 heterocycles. The Morgan fingerprint density at radius 3 is 1.46 bits per heavy atom. The van der Waals surface area contributed by atoms with Crippen LogP contribution in [-0.4, -0.2) is 25.1 Å². The largest absolute Gasteiger partial charge is 0.459 e. The third kappa shape index (κ3) is 1.90. The zero-order chi connectivity index (χ0) is 10.9. The van der Waals surface area contributed by atoms with E-state index in [9.17, 15) is 26.3 Å². The average Bonchev–Trinajstić information content (AvgIpc) is 2.00. The van der Waals surface area contributed by atoms with Crippen LogP contribution >= 0.6 is 0 Å². The molecule has 0 aliphatic heterocycles. The molecule has 0 bridgehead atoms. The van der Waals surface area contributed by atoms with Gasteiger partial charge in [0.2, 0.25) is 0 Å². The van der Waals surface area contributed by atoms with Gasteiger partial charge in [0, 0.05) is 13.5 Å². The maximum absolute atomic E-state index is 12.8. The maximum Gasteiger partial charge on any atom is 0.459 e. The molecule has 0 aromatic carbocycles. The van der Waals surface area contributed by atoms with Crippen LogP contribution < -0.4 is 0 Å². The van der Waals surface area contributed by atoms with Gasteiger partial charge in [-0.25, -0.2) is 4.39 Å². The molecule has 1 unspecified atom stereocenters. The molecule has 0 radical (unpaired) electrons. The Labute approximate surface area is 70.7 Å². The molecule has 0 fully saturated rings. The number of ether oxygens (including phenoxy) is 1. The van der Waals surface area contributed by atoms with Crippen molar-refractivity contribution in [2.75, 3.05) is 7.11 Å². The van der Waals surface area contributed by atoms with Crippen molar-refractivity contribution in [3.63, 3.8) is 0 Å². The Balaban J connectivity index is 5.00. The summed E-state index contributed by atoms with van der Waals surface area (Å²) in [7, 11) is 0.461. The molecule has 0 saturated heterocycles. The van der Waals surface area contributed by atoms with Crippen LogP contribution in [0.5, 0.6) is 0 Å². The summed E-state index contributed by atoms with van der Waals surface area (Å²) in [4.78, 5) is 0. The van der Waals surface area contributed by atoms with Gasteiger partial charge in [0.25, 0.3) is 5.85 Å². The Kier molecular flexibility index (Phi) is 3.24. The van der Waals surface area contributed by atoms with Crippen molar-refractivity contribution in [2.24, 2.45) is 0 Å². The van der Waals surface area contributed by atoms with Crippen LogP contribution in [0.3, 0.4) is 0 Å². The number of hydrogen-bond acceptors (Lipinski definition) is 1. The van der Waals surface area contributed by atoms with Gasteiger partial charge in [-0.15, -0.1) is 0 Å². The van der Waals surface area contributed by atoms with E-state index in [2.05, 4.69) is 4.74 Å². The van der Waals surface area contributed by atoms with Gasteiger partial charge in [-0.05, 0) is 0 Å². The van der Waals surface area contributed by atoms with E-state index in [0.717, 1.165) is 6.92 Å². The Hall–Kier alpha value is -0.460. The van der Waals surface area contributed by atoms with Gasteiger partial charge in [-0.3, -0.25) is 0 Å². The summed E-state index contributed by atoms with van der Waals surface area (Å²) in [6, 6.07) is 0. The van der Waals surface area contributed by atoms with Gasteiger partial charge in [0.1, 0.15) is 0 Å². The molecule has 0 saturated carbocycles. The molecule has 0 aromatic heterocycles. The van der Waals surface area contributed by atoms with Gasteiger partial charge in [-0.1, -0.05) is 6.92 Å². The predicted octanol–water partition coefficient (Wildman–Crippen LogP) is 2.91. The Morgan fingerprint density at radius 1 is 1.00 bits per heavy atom. The highest BCUT2D eigenvalue weighted by atomic mass is 19.4. The minimum Gasteiger partial charge on any atom is -0.344 e. The summed E-state index contributed by atoms with van der Waals surface area (Å²) in [6.07, 6.45) is -7.04. The van der Waals surface area contributed by atoms with E-state index in [1.807, 2.05) is 0 Å². The molecule has 0 aromatic rings. The van der Waals surface area contributed by atoms with E-state index < -0.39 is 24.4 Å². The highest BCUT2D eigenvalue weighted by Crippen LogP contribution is 2.47. The molecule has 0 spiro atoms. The van der Waals surface area contributed by atoms with E-state index in [4.69, 9.17) is 0 Å². The van der Waals surface area contributed by atoms with Gasteiger partial charge in [0.05, 0.1) is 0 Å². The fourth-order valence-corrected chi connectivity index (χ4v) is 0.706. The zero-order valence-electron chi connectivity index (χ0n) is 6.88. The topological polar surface area (TPSA) is 9.23 Å². The van der Waals surface area contributed by atoms with Crippen LogP contribution in [0.25, 0.3) is 0 Å². The summed E-state index contributed by atoms with van der Waals surface area (Å²) in [6.45, 7) is 0.836. The maximum atomic E-state index is 12.8. The second-order valence-corrected chi connectivity index (χ2v) is 2.36. The van der Waals surface area contributed by atoms with Gasteiger partial charge in [-0.2, -0.15) is 22.0 Å². The second kappa shape index (κ2) is 3.36. The number of methoxy groups -OCH3 is 1. The number of hydrogen-bond donors (Lipinski definition) is 0. The summed E-state index contributed by atoms with van der Waals surface area (Å²) in [5, 5.41) is 0. The summed E-state index contributed by atoms with van der Waals surface area (Å²) >= 11 is 0. The van der Waals surface area contributed by atoms with Crippen molar-refractivity contribution in [1.82, 2.24) is 0 Å². The minimum atomic E-state index is -5.95. The first-order valence-corrected chi connectivity index (χ1v) is 3.31. The van der Waals surface area contributed by atoms with E-state index in [0.29, 0.717) is 7.11 Å². The van der Waals surface area contributed by atoms with Crippen molar-refractivity contribution in [3.8, 4) is 0 Å². The molecule has 13 heavy (non-hydrogen) atoms. The smallest absolute Gasteiger partial charge is 0.344 e. The number of halogens is 6. The molecule has 0 aliphatic rings. The zero-order valence-corrected chi connectivity index (χ0v) is 6.88. The lowest BCUT2D eigenvalue weighted by Gasteiger charge is -2.32. The van der Waals surface area contributed by atoms with E-state index >= 15 is 0 Å². The highest BCUT2D eigenvalue weighted by Gasteiger charge is 2.71. The second-order valence-electron chi connectivity index (χ2n) is 2.36. The van der Waals surface area contributed by atoms with Crippen molar-refractivity contribution in [1.29, 1.82) is 0 Å². The summed E-state index contributed by atoms with van der Waals surface area (Å²) < 4.78 is 76.0. The van der Waals surface area contributed by atoms with Crippen molar-refractivity contribution < 1.29 is 31.1 Å². The highest BCUT2D eigenvalue weighted by molar-refractivity contribution is 4.90. The van der Waals surface area contributed by atoms with E-state index in [-0.39, 0.29) is 0 Å². The molecule has 0 amide bonds. The van der Waals surface area contributed by atoms with Crippen molar-refractivity contribution in [3.05, 3.63) is 0 Å². The summed E-state index contributed by atoms with van der Waals surface area (Å²) in [5.41, 5.74) is 0. The first-order valence-electron chi connectivity index (χ1n) is 3.31. The Morgan fingerprint density at radius 2 is 1.38 bits per heavy atom. The normalized spacial score (nSPS) is 18.5. The monoisotopic (exact) mass is 210 g/mol. The molecule has 0 aliphatic carbocycles. The van der Waals surface area contributed by atoms with Gasteiger partial charge < -0.3 is 4.74 Å². The third-order valence-electron chi connectivity index (χ3n) is 1.60. The quantitative estimate of drug-likeness (QED) is 0.651. The Bertz CT molecular complexity index is 170. The molecule has 80 valence electrons. The number of rotatable bonds is 3. The lowest BCUT2D eigenvalue weighted by Crippen LogP contribution is -2.55. The molecular formula is C6H8F6O. The van der Waals surface area contributed by atoms with Crippen molar-refractivity contribution >= 4 is 0 Å². The van der Waals surface area contributed by atoms with Crippen LogP contribution in [0.2, 0.25) is 0 Å². The van der Waals surface area contributed by atoms with Crippen LogP contribution in [0.4, 0.5) is 26.3 Å². The minimum absolute atomic E-state index is 0.461. The molecular weight excluding hydrogens is 202 g/mol. The molecule has 0 N–H and O–H groups in total. The average molecular weight is 210 g/mol. The standard InChI is InChI=1S/C6H8F6O/c1-3-4(7,13-2)5(8,9)6(10,11)12/h3H2,1-2H3. The van der Waals surface area contributed by atoms with E-state index in [1.165, 1.54) is 0 Å².